The number of nitrogens with one attached hydrogen (secondary N) is 2. The van der Waals surface area contributed by atoms with Crippen LogP contribution in [0.15, 0.2) is 40.9 Å². The molecule has 0 saturated carbocycles. The Morgan fingerprint density at radius 1 is 1.21 bits per heavy atom. The summed E-state index contributed by atoms with van der Waals surface area (Å²) >= 11 is 0. The summed E-state index contributed by atoms with van der Waals surface area (Å²) in [7, 11) is 1.90. The lowest BCUT2D eigenvalue weighted by atomic mass is 10.0. The van der Waals surface area contributed by atoms with E-state index in [0.717, 1.165) is 28.8 Å². The van der Waals surface area contributed by atoms with E-state index < -0.39 is 18.6 Å². The van der Waals surface area contributed by atoms with Crippen molar-refractivity contribution in [1.82, 2.24) is 20.8 Å². The van der Waals surface area contributed by atoms with Gasteiger partial charge in [-0.25, -0.2) is 0 Å². The number of nitrogens with zero attached hydrogens (tertiary/aromatic N) is 2. The molecule has 0 bridgehead atoms. The molecule has 1 atom stereocenters. The zero-order chi connectivity index (χ0) is 23.8. The van der Waals surface area contributed by atoms with Gasteiger partial charge in [-0.2, -0.15) is 4.98 Å². The molecule has 33 heavy (non-hydrogen) atoms. The molecular weight excluding hydrogens is 424 g/mol. The first-order chi connectivity index (χ1) is 15.9. The van der Waals surface area contributed by atoms with Gasteiger partial charge in [0.2, 0.25) is 11.7 Å². The molecule has 9 nitrogen and oxygen atoms in total. The van der Waals surface area contributed by atoms with E-state index in [0.29, 0.717) is 23.9 Å². The van der Waals surface area contributed by atoms with Gasteiger partial charge < -0.3 is 30.1 Å². The number of hydrogen-bond donors (Lipinski definition) is 4. The molecule has 1 aromatic heterocycles. The van der Waals surface area contributed by atoms with Crippen LogP contribution < -0.4 is 15.4 Å². The first-order valence-electron chi connectivity index (χ1n) is 10.8. The Kier molecular flexibility index (Phi) is 8.53. The number of hydrogen-bond acceptors (Lipinski definition) is 8. The van der Waals surface area contributed by atoms with Crippen LogP contribution in [0.25, 0.3) is 22.8 Å². The Morgan fingerprint density at radius 3 is 2.64 bits per heavy atom. The fourth-order valence-electron chi connectivity index (χ4n) is 3.40. The zero-order valence-electron chi connectivity index (χ0n) is 19.1. The van der Waals surface area contributed by atoms with Gasteiger partial charge in [-0.15, -0.1) is 0 Å². The predicted octanol–water partition coefficient (Wildman–Crippen LogP) is 1.84. The second-order valence-electron chi connectivity index (χ2n) is 7.71. The van der Waals surface area contributed by atoms with Gasteiger partial charge in [0.15, 0.2) is 0 Å². The van der Waals surface area contributed by atoms with Crippen molar-refractivity contribution in [2.75, 3.05) is 26.8 Å². The molecule has 0 aliphatic heterocycles. The smallest absolute Gasteiger partial charge is 0.258 e. The number of aryl methyl sites for hydroxylation is 2. The van der Waals surface area contributed by atoms with E-state index in [2.05, 4.69) is 20.8 Å². The number of rotatable bonds is 11. The summed E-state index contributed by atoms with van der Waals surface area (Å²) in [6.45, 7) is 4.11. The van der Waals surface area contributed by atoms with Crippen LogP contribution in [0.4, 0.5) is 0 Å². The summed E-state index contributed by atoms with van der Waals surface area (Å²) in [4.78, 5) is 15.7. The third kappa shape index (κ3) is 6.38. The average molecular weight is 455 g/mol. The number of amides is 1. The van der Waals surface area contributed by atoms with Gasteiger partial charge in [0.1, 0.15) is 25.1 Å². The first kappa shape index (κ1) is 24.4. The molecule has 0 aliphatic rings. The SMILES string of the molecule is CCc1cc(-c2noc(-c3ccc(CNC)cc3)n2)cc(C)c1OC[C@@H](O)CNC(=O)CO. The van der Waals surface area contributed by atoms with E-state index in [1.165, 1.54) is 5.56 Å². The first-order valence-corrected chi connectivity index (χ1v) is 10.8. The van der Waals surface area contributed by atoms with E-state index in [4.69, 9.17) is 14.4 Å². The molecule has 4 N–H and O–H groups in total. The lowest BCUT2D eigenvalue weighted by Crippen LogP contribution is -2.36. The topological polar surface area (TPSA) is 130 Å². The highest BCUT2D eigenvalue weighted by Gasteiger charge is 2.16. The van der Waals surface area contributed by atoms with Crippen LogP contribution in [-0.4, -0.2) is 59.2 Å². The van der Waals surface area contributed by atoms with E-state index in [1.807, 2.05) is 57.3 Å². The monoisotopic (exact) mass is 454 g/mol. The summed E-state index contributed by atoms with van der Waals surface area (Å²) in [6, 6.07) is 11.8. The minimum Gasteiger partial charge on any atom is -0.490 e. The Balaban J connectivity index is 1.73. The van der Waals surface area contributed by atoms with Gasteiger partial charge >= 0.3 is 0 Å². The van der Waals surface area contributed by atoms with Crippen molar-refractivity contribution in [3.63, 3.8) is 0 Å². The number of aliphatic hydroxyl groups is 2. The molecule has 1 amide bonds. The zero-order valence-corrected chi connectivity index (χ0v) is 19.1. The Morgan fingerprint density at radius 2 is 1.97 bits per heavy atom. The highest BCUT2D eigenvalue weighted by atomic mass is 16.5. The summed E-state index contributed by atoms with van der Waals surface area (Å²) < 4.78 is 11.3. The number of ether oxygens (including phenoxy) is 1. The van der Waals surface area contributed by atoms with E-state index in [-0.39, 0.29) is 13.2 Å². The number of aromatic nitrogens is 2. The molecule has 0 radical (unpaired) electrons. The van der Waals surface area contributed by atoms with Crippen LogP contribution in [0.2, 0.25) is 0 Å². The molecule has 2 aromatic carbocycles. The van der Waals surface area contributed by atoms with Gasteiger partial charge in [0.25, 0.3) is 5.89 Å². The highest BCUT2D eigenvalue weighted by molar-refractivity contribution is 5.76. The summed E-state index contributed by atoms with van der Waals surface area (Å²) in [5.74, 6) is 1.07. The number of aliphatic hydroxyl groups excluding tert-OH is 2. The average Bonchev–Trinajstić information content (AvgIpc) is 3.32. The quantitative estimate of drug-likeness (QED) is 0.345. The van der Waals surface area contributed by atoms with Crippen molar-refractivity contribution in [3.05, 3.63) is 53.1 Å². The van der Waals surface area contributed by atoms with Crippen molar-refractivity contribution in [2.24, 2.45) is 0 Å². The third-order valence-corrected chi connectivity index (χ3v) is 5.10. The summed E-state index contributed by atoms with van der Waals surface area (Å²) in [5, 5.41) is 28.5. The van der Waals surface area contributed by atoms with Gasteiger partial charge in [-0.1, -0.05) is 24.2 Å². The largest absolute Gasteiger partial charge is 0.490 e. The predicted molar refractivity (Wildman–Crippen MR) is 124 cm³/mol. The van der Waals surface area contributed by atoms with Crippen molar-refractivity contribution in [3.8, 4) is 28.6 Å². The van der Waals surface area contributed by atoms with Gasteiger partial charge in [0.05, 0.1) is 0 Å². The second kappa shape index (κ2) is 11.6. The van der Waals surface area contributed by atoms with Crippen LogP contribution in [0.1, 0.15) is 23.6 Å². The number of benzene rings is 2. The lowest BCUT2D eigenvalue weighted by molar-refractivity contribution is -0.124. The van der Waals surface area contributed by atoms with Crippen LogP contribution in [0, 0.1) is 6.92 Å². The summed E-state index contributed by atoms with van der Waals surface area (Å²) in [5.41, 5.74) is 4.65. The molecule has 0 saturated heterocycles. The molecule has 176 valence electrons. The van der Waals surface area contributed by atoms with Crippen LogP contribution in [0.5, 0.6) is 5.75 Å². The lowest BCUT2D eigenvalue weighted by Gasteiger charge is -2.17. The normalized spacial score (nSPS) is 11.9. The Bertz CT molecular complexity index is 1070. The van der Waals surface area contributed by atoms with E-state index in [1.54, 1.807) is 0 Å². The van der Waals surface area contributed by atoms with Crippen LogP contribution in [0.3, 0.4) is 0 Å². The molecule has 3 rings (SSSR count). The molecule has 0 unspecified atom stereocenters. The van der Waals surface area contributed by atoms with Gasteiger partial charge in [-0.05, 0) is 61.3 Å². The van der Waals surface area contributed by atoms with Gasteiger partial charge in [-0.3, -0.25) is 4.79 Å². The minimum absolute atomic E-state index is 0.000441. The molecule has 0 aliphatic carbocycles. The molecule has 9 heteroatoms. The van der Waals surface area contributed by atoms with Gasteiger partial charge in [0, 0.05) is 24.2 Å². The van der Waals surface area contributed by atoms with Crippen molar-refractivity contribution in [1.29, 1.82) is 0 Å². The molecular formula is C24H30N4O5. The fourth-order valence-corrected chi connectivity index (χ4v) is 3.40. The van der Waals surface area contributed by atoms with Crippen molar-refractivity contribution >= 4 is 5.91 Å². The molecule has 0 fully saturated rings. The fraction of sp³-hybridized carbons (Fsp3) is 0.375. The number of carbonyl (C=O) groups is 1. The maximum Gasteiger partial charge on any atom is 0.258 e. The molecule has 1 heterocycles. The summed E-state index contributed by atoms with van der Waals surface area (Å²) in [6.07, 6.45) is -0.192. The van der Waals surface area contributed by atoms with Crippen molar-refractivity contribution < 1.29 is 24.3 Å². The number of carbonyl (C=O) groups excluding carboxylic acids is 1. The van der Waals surface area contributed by atoms with Crippen molar-refractivity contribution in [2.45, 2.75) is 32.9 Å². The standard InChI is InChI=1S/C24H30N4O5/c1-4-17-10-19(9-15(2)22(17)32-14-20(30)12-26-21(31)13-29)23-27-24(33-28-23)18-7-5-16(6-8-18)11-25-3/h5-10,20,25,29-30H,4,11-14H2,1-3H3,(H,26,31)/t20-/m0/s1. The Labute approximate surface area is 192 Å². The van der Waals surface area contributed by atoms with E-state index >= 15 is 0 Å². The second-order valence-corrected chi connectivity index (χ2v) is 7.71. The van der Waals surface area contributed by atoms with E-state index in [9.17, 15) is 9.90 Å². The minimum atomic E-state index is -0.899. The third-order valence-electron chi connectivity index (χ3n) is 5.10. The molecule has 3 aromatic rings. The van der Waals surface area contributed by atoms with Crippen LogP contribution >= 0.6 is 0 Å². The maximum atomic E-state index is 11.1. The molecule has 0 spiro atoms. The Hall–Kier alpha value is -3.27. The van der Waals surface area contributed by atoms with Crippen LogP contribution in [-0.2, 0) is 17.8 Å². The maximum absolute atomic E-state index is 11.1. The highest BCUT2D eigenvalue weighted by Crippen LogP contribution is 2.31.